The zero-order chi connectivity index (χ0) is 13.4. The Kier molecular flexibility index (Phi) is 3.48. The van der Waals surface area contributed by atoms with E-state index < -0.39 is 0 Å². The number of nitrogens with zero attached hydrogens (tertiary/aromatic N) is 2. The molecule has 1 saturated heterocycles. The van der Waals surface area contributed by atoms with Crippen molar-refractivity contribution in [3.8, 4) is 0 Å². The SMILES string of the molecule is Cc1nc(N)sc1C(=O)N1CCC2CCCCC2C1. The molecule has 2 aliphatic rings. The van der Waals surface area contributed by atoms with Gasteiger partial charge in [-0.15, -0.1) is 0 Å². The van der Waals surface area contributed by atoms with Crippen LogP contribution in [0.3, 0.4) is 0 Å². The van der Waals surface area contributed by atoms with E-state index in [1.807, 2.05) is 11.8 Å². The number of likely N-dealkylation sites (tertiary alicyclic amines) is 1. The highest BCUT2D eigenvalue weighted by Gasteiger charge is 2.34. The number of anilines is 1. The molecule has 3 rings (SSSR count). The van der Waals surface area contributed by atoms with Gasteiger partial charge in [-0.2, -0.15) is 0 Å². The van der Waals surface area contributed by atoms with Gasteiger partial charge in [0, 0.05) is 13.1 Å². The van der Waals surface area contributed by atoms with E-state index in [4.69, 9.17) is 5.73 Å². The molecule has 2 heterocycles. The van der Waals surface area contributed by atoms with Gasteiger partial charge in [0.25, 0.3) is 5.91 Å². The normalized spacial score (nSPS) is 27.1. The summed E-state index contributed by atoms with van der Waals surface area (Å²) in [7, 11) is 0. The van der Waals surface area contributed by atoms with Gasteiger partial charge in [-0.05, 0) is 31.6 Å². The van der Waals surface area contributed by atoms with Crippen LogP contribution in [0, 0.1) is 18.8 Å². The summed E-state index contributed by atoms with van der Waals surface area (Å²) in [4.78, 5) is 19.5. The third kappa shape index (κ3) is 2.48. The van der Waals surface area contributed by atoms with Crippen LogP contribution in [0.2, 0.25) is 0 Å². The van der Waals surface area contributed by atoms with E-state index in [-0.39, 0.29) is 5.91 Å². The molecule has 0 spiro atoms. The molecule has 2 N–H and O–H groups in total. The summed E-state index contributed by atoms with van der Waals surface area (Å²) in [6.07, 6.45) is 6.52. The number of hydrogen-bond donors (Lipinski definition) is 1. The number of nitrogen functional groups attached to an aromatic ring is 1. The first-order chi connectivity index (χ1) is 9.15. The van der Waals surface area contributed by atoms with Crippen molar-refractivity contribution in [3.63, 3.8) is 0 Å². The fraction of sp³-hybridized carbons (Fsp3) is 0.714. The summed E-state index contributed by atoms with van der Waals surface area (Å²) < 4.78 is 0. The maximum atomic E-state index is 12.5. The zero-order valence-corrected chi connectivity index (χ0v) is 12.2. The van der Waals surface area contributed by atoms with E-state index in [1.165, 1.54) is 43.4 Å². The number of carbonyl (C=O) groups is 1. The molecule has 1 amide bonds. The fourth-order valence-electron chi connectivity index (χ4n) is 3.54. The number of fused-ring (bicyclic) bond motifs is 1. The molecular weight excluding hydrogens is 258 g/mol. The number of aryl methyl sites for hydroxylation is 1. The van der Waals surface area contributed by atoms with Crippen LogP contribution < -0.4 is 5.73 Å². The highest BCUT2D eigenvalue weighted by atomic mass is 32.1. The maximum absolute atomic E-state index is 12.5. The number of aromatic nitrogens is 1. The van der Waals surface area contributed by atoms with E-state index in [1.54, 1.807) is 0 Å². The second-order valence-corrected chi connectivity index (χ2v) is 6.84. The Balaban J connectivity index is 1.72. The van der Waals surface area contributed by atoms with Crippen LogP contribution in [0.1, 0.15) is 47.5 Å². The predicted octanol–water partition coefficient (Wildman–Crippen LogP) is 2.69. The first-order valence-electron chi connectivity index (χ1n) is 7.17. The molecule has 1 saturated carbocycles. The third-order valence-electron chi connectivity index (χ3n) is 4.59. The summed E-state index contributed by atoms with van der Waals surface area (Å²) in [5.41, 5.74) is 6.47. The van der Waals surface area contributed by atoms with Crippen LogP contribution in [0.25, 0.3) is 0 Å². The lowest BCUT2D eigenvalue weighted by atomic mass is 9.75. The molecule has 1 aliphatic carbocycles. The number of rotatable bonds is 1. The van der Waals surface area contributed by atoms with Gasteiger partial charge in [0.1, 0.15) is 4.88 Å². The van der Waals surface area contributed by atoms with Gasteiger partial charge < -0.3 is 10.6 Å². The molecule has 0 radical (unpaired) electrons. The first-order valence-corrected chi connectivity index (χ1v) is 7.99. The molecule has 2 atom stereocenters. The lowest BCUT2D eigenvalue weighted by molar-refractivity contribution is 0.0524. The molecule has 1 aromatic rings. The quantitative estimate of drug-likeness (QED) is 0.860. The van der Waals surface area contributed by atoms with Gasteiger partial charge in [-0.3, -0.25) is 4.79 Å². The van der Waals surface area contributed by atoms with Crippen LogP contribution in [0.4, 0.5) is 5.13 Å². The second kappa shape index (κ2) is 5.12. The summed E-state index contributed by atoms with van der Waals surface area (Å²) in [5.74, 6) is 1.71. The van der Waals surface area contributed by atoms with Gasteiger partial charge in [-0.25, -0.2) is 4.98 Å². The Morgan fingerprint density at radius 2 is 2.05 bits per heavy atom. The Bertz CT molecular complexity index is 485. The van der Waals surface area contributed by atoms with E-state index >= 15 is 0 Å². The standard InChI is InChI=1S/C14H21N3OS/c1-9-12(19-14(15)16-9)13(18)17-7-6-10-4-2-3-5-11(10)8-17/h10-11H,2-8H2,1H3,(H2,15,16). The van der Waals surface area contributed by atoms with Crippen LogP contribution in [0.5, 0.6) is 0 Å². The molecule has 0 bridgehead atoms. The molecule has 2 unspecified atom stereocenters. The second-order valence-electron chi connectivity index (χ2n) is 5.81. The summed E-state index contributed by atoms with van der Waals surface area (Å²) >= 11 is 1.32. The average molecular weight is 279 g/mol. The Morgan fingerprint density at radius 1 is 1.32 bits per heavy atom. The zero-order valence-electron chi connectivity index (χ0n) is 11.4. The number of amides is 1. The van der Waals surface area contributed by atoms with Gasteiger partial charge >= 0.3 is 0 Å². The number of carbonyl (C=O) groups excluding carboxylic acids is 1. The number of thiazole rings is 1. The van der Waals surface area contributed by atoms with Crippen molar-refractivity contribution < 1.29 is 4.79 Å². The molecule has 1 aliphatic heterocycles. The van der Waals surface area contributed by atoms with Crippen molar-refractivity contribution in [2.75, 3.05) is 18.8 Å². The fourth-order valence-corrected chi connectivity index (χ4v) is 4.35. The van der Waals surface area contributed by atoms with Crippen molar-refractivity contribution in [2.24, 2.45) is 11.8 Å². The van der Waals surface area contributed by atoms with Crippen molar-refractivity contribution >= 4 is 22.4 Å². The summed E-state index contributed by atoms with van der Waals surface area (Å²) in [6, 6.07) is 0. The number of hydrogen-bond acceptors (Lipinski definition) is 4. The smallest absolute Gasteiger partial charge is 0.265 e. The van der Waals surface area contributed by atoms with Gasteiger partial charge in [0.15, 0.2) is 5.13 Å². The minimum Gasteiger partial charge on any atom is -0.375 e. The van der Waals surface area contributed by atoms with E-state index in [9.17, 15) is 4.79 Å². The number of nitrogens with two attached hydrogens (primary N) is 1. The van der Waals surface area contributed by atoms with Crippen LogP contribution >= 0.6 is 11.3 Å². The largest absolute Gasteiger partial charge is 0.375 e. The molecule has 5 heteroatoms. The molecule has 4 nitrogen and oxygen atoms in total. The molecular formula is C14H21N3OS. The molecule has 19 heavy (non-hydrogen) atoms. The Labute approximate surface area is 118 Å². The molecule has 0 aromatic carbocycles. The lowest BCUT2D eigenvalue weighted by Gasteiger charge is -2.41. The Hall–Kier alpha value is -1.10. The lowest BCUT2D eigenvalue weighted by Crippen LogP contribution is -2.44. The van der Waals surface area contributed by atoms with Crippen molar-refractivity contribution in [1.82, 2.24) is 9.88 Å². The average Bonchev–Trinajstić information content (AvgIpc) is 2.76. The van der Waals surface area contributed by atoms with Crippen LogP contribution in [0.15, 0.2) is 0 Å². The molecule has 1 aromatic heterocycles. The monoisotopic (exact) mass is 279 g/mol. The third-order valence-corrected chi connectivity index (χ3v) is 5.56. The van der Waals surface area contributed by atoms with Crippen molar-refractivity contribution in [3.05, 3.63) is 10.6 Å². The molecule has 104 valence electrons. The topological polar surface area (TPSA) is 59.2 Å². The highest BCUT2D eigenvalue weighted by Crippen LogP contribution is 2.36. The summed E-state index contributed by atoms with van der Waals surface area (Å²) in [5, 5.41) is 0.494. The van der Waals surface area contributed by atoms with E-state index in [2.05, 4.69) is 4.98 Å². The van der Waals surface area contributed by atoms with Crippen LogP contribution in [-0.4, -0.2) is 28.9 Å². The van der Waals surface area contributed by atoms with Crippen molar-refractivity contribution in [2.45, 2.75) is 39.0 Å². The number of piperidine rings is 1. The maximum Gasteiger partial charge on any atom is 0.265 e. The van der Waals surface area contributed by atoms with Crippen LogP contribution in [-0.2, 0) is 0 Å². The van der Waals surface area contributed by atoms with E-state index in [0.717, 1.165) is 35.5 Å². The summed E-state index contributed by atoms with van der Waals surface area (Å²) in [6.45, 7) is 3.70. The Morgan fingerprint density at radius 3 is 2.74 bits per heavy atom. The first kappa shape index (κ1) is 12.9. The predicted molar refractivity (Wildman–Crippen MR) is 77.2 cm³/mol. The highest BCUT2D eigenvalue weighted by molar-refractivity contribution is 7.17. The van der Waals surface area contributed by atoms with Gasteiger partial charge in [-0.1, -0.05) is 30.6 Å². The van der Waals surface area contributed by atoms with Crippen molar-refractivity contribution in [1.29, 1.82) is 0 Å². The van der Waals surface area contributed by atoms with E-state index in [0.29, 0.717) is 5.13 Å². The minimum absolute atomic E-state index is 0.135. The van der Waals surface area contributed by atoms with Gasteiger partial charge in [0.2, 0.25) is 0 Å². The minimum atomic E-state index is 0.135. The molecule has 2 fully saturated rings. The van der Waals surface area contributed by atoms with Gasteiger partial charge in [0.05, 0.1) is 5.69 Å².